The van der Waals surface area contributed by atoms with Crippen molar-refractivity contribution in [3.8, 4) is 11.5 Å². The lowest BCUT2D eigenvalue weighted by atomic mass is 10.1. The highest BCUT2D eigenvalue weighted by Gasteiger charge is 2.12. The predicted molar refractivity (Wildman–Crippen MR) is 67.2 cm³/mol. The number of hydrogen-bond acceptors (Lipinski definition) is 3. The number of aliphatic hydroxyl groups is 1. The standard InChI is InChI=1S/C12H17BrO3/c1-8(14)4-5-9-6-10(13)7-11(15-2)12(9)16-3/h6-8,14H,4-5H2,1-3H3/t8-/m1/s1. The summed E-state index contributed by atoms with van der Waals surface area (Å²) in [6, 6.07) is 3.86. The third-order valence-corrected chi connectivity index (χ3v) is 2.81. The van der Waals surface area contributed by atoms with E-state index >= 15 is 0 Å². The van der Waals surface area contributed by atoms with Gasteiger partial charge in [0.05, 0.1) is 20.3 Å². The Morgan fingerprint density at radius 2 is 2.00 bits per heavy atom. The van der Waals surface area contributed by atoms with Crippen molar-refractivity contribution in [2.24, 2.45) is 0 Å². The Kier molecular flexibility index (Phi) is 5.09. The number of benzene rings is 1. The Morgan fingerprint density at radius 3 is 2.50 bits per heavy atom. The monoisotopic (exact) mass is 288 g/mol. The second-order valence-electron chi connectivity index (χ2n) is 3.69. The molecule has 1 aromatic carbocycles. The Hall–Kier alpha value is -0.740. The molecule has 0 saturated carbocycles. The van der Waals surface area contributed by atoms with Crippen molar-refractivity contribution in [3.05, 3.63) is 22.2 Å². The van der Waals surface area contributed by atoms with Crippen molar-refractivity contribution >= 4 is 15.9 Å². The largest absolute Gasteiger partial charge is 0.493 e. The van der Waals surface area contributed by atoms with Gasteiger partial charge in [-0.25, -0.2) is 0 Å². The summed E-state index contributed by atoms with van der Waals surface area (Å²) in [6.45, 7) is 1.78. The molecule has 0 aliphatic carbocycles. The molecule has 1 N–H and O–H groups in total. The highest BCUT2D eigenvalue weighted by molar-refractivity contribution is 9.10. The molecule has 1 atom stereocenters. The quantitative estimate of drug-likeness (QED) is 0.906. The van der Waals surface area contributed by atoms with Crippen LogP contribution in [0.25, 0.3) is 0 Å². The molecule has 0 amide bonds. The van der Waals surface area contributed by atoms with Gasteiger partial charge in [0.25, 0.3) is 0 Å². The lowest BCUT2D eigenvalue weighted by Gasteiger charge is -2.14. The Balaban J connectivity index is 3.00. The molecule has 0 bridgehead atoms. The fraction of sp³-hybridized carbons (Fsp3) is 0.500. The summed E-state index contributed by atoms with van der Waals surface area (Å²) in [5, 5.41) is 9.29. The smallest absolute Gasteiger partial charge is 0.163 e. The summed E-state index contributed by atoms with van der Waals surface area (Å²) < 4.78 is 11.5. The van der Waals surface area contributed by atoms with E-state index in [1.807, 2.05) is 12.1 Å². The van der Waals surface area contributed by atoms with Crippen LogP contribution in [0.3, 0.4) is 0 Å². The SMILES string of the molecule is COc1cc(Br)cc(CC[C@@H](C)O)c1OC. The van der Waals surface area contributed by atoms with Crippen molar-refractivity contribution in [2.75, 3.05) is 14.2 Å². The molecule has 0 aromatic heterocycles. The molecule has 3 nitrogen and oxygen atoms in total. The van der Waals surface area contributed by atoms with Gasteiger partial charge in [0.15, 0.2) is 11.5 Å². The van der Waals surface area contributed by atoms with Gasteiger partial charge in [-0.2, -0.15) is 0 Å². The van der Waals surface area contributed by atoms with E-state index in [2.05, 4.69) is 15.9 Å². The molecule has 0 unspecified atom stereocenters. The third kappa shape index (κ3) is 3.39. The molecule has 90 valence electrons. The molecule has 0 saturated heterocycles. The van der Waals surface area contributed by atoms with Gasteiger partial charge in [-0.3, -0.25) is 0 Å². The zero-order valence-corrected chi connectivity index (χ0v) is 11.4. The number of aryl methyl sites for hydroxylation is 1. The molecule has 1 aromatic rings. The van der Waals surface area contributed by atoms with E-state index in [1.54, 1.807) is 21.1 Å². The maximum atomic E-state index is 9.29. The zero-order valence-electron chi connectivity index (χ0n) is 9.79. The summed E-state index contributed by atoms with van der Waals surface area (Å²) in [5.74, 6) is 1.45. The number of methoxy groups -OCH3 is 2. The molecule has 1 rings (SSSR count). The van der Waals surface area contributed by atoms with Gasteiger partial charge in [0, 0.05) is 4.47 Å². The van der Waals surface area contributed by atoms with Crippen LogP contribution in [0.15, 0.2) is 16.6 Å². The molecule has 0 heterocycles. The van der Waals surface area contributed by atoms with Crippen molar-refractivity contribution in [1.82, 2.24) is 0 Å². The van der Waals surface area contributed by atoms with Crippen LogP contribution in [0.2, 0.25) is 0 Å². The third-order valence-electron chi connectivity index (χ3n) is 2.35. The predicted octanol–water partition coefficient (Wildman–Crippen LogP) is 2.78. The maximum Gasteiger partial charge on any atom is 0.163 e. The first-order chi connectivity index (χ1) is 7.58. The number of halogens is 1. The van der Waals surface area contributed by atoms with Gasteiger partial charge >= 0.3 is 0 Å². The van der Waals surface area contributed by atoms with E-state index in [9.17, 15) is 5.11 Å². The van der Waals surface area contributed by atoms with Gasteiger partial charge < -0.3 is 14.6 Å². The number of hydrogen-bond donors (Lipinski definition) is 1. The molecule has 0 aliphatic heterocycles. The lowest BCUT2D eigenvalue weighted by molar-refractivity contribution is 0.184. The molecule has 0 spiro atoms. The van der Waals surface area contributed by atoms with Crippen LogP contribution < -0.4 is 9.47 Å². The number of ether oxygens (including phenoxy) is 2. The second kappa shape index (κ2) is 6.11. The molecule has 16 heavy (non-hydrogen) atoms. The summed E-state index contributed by atoms with van der Waals surface area (Å²) >= 11 is 3.43. The van der Waals surface area contributed by atoms with E-state index in [0.29, 0.717) is 12.2 Å². The van der Waals surface area contributed by atoms with Crippen LogP contribution in [0.5, 0.6) is 11.5 Å². The van der Waals surface area contributed by atoms with E-state index in [1.165, 1.54) is 0 Å². The number of aliphatic hydroxyl groups excluding tert-OH is 1. The summed E-state index contributed by atoms with van der Waals surface area (Å²) in [5.41, 5.74) is 1.04. The van der Waals surface area contributed by atoms with Crippen LogP contribution in [-0.2, 0) is 6.42 Å². The highest BCUT2D eigenvalue weighted by Crippen LogP contribution is 2.35. The van der Waals surface area contributed by atoms with Crippen LogP contribution in [-0.4, -0.2) is 25.4 Å². The van der Waals surface area contributed by atoms with Crippen LogP contribution in [0, 0.1) is 0 Å². The van der Waals surface area contributed by atoms with Gasteiger partial charge in [0.2, 0.25) is 0 Å². The van der Waals surface area contributed by atoms with Crippen molar-refractivity contribution in [2.45, 2.75) is 25.9 Å². The molecule has 0 fully saturated rings. The second-order valence-corrected chi connectivity index (χ2v) is 4.60. The summed E-state index contributed by atoms with van der Waals surface area (Å²) in [4.78, 5) is 0. The van der Waals surface area contributed by atoms with Gasteiger partial charge in [-0.15, -0.1) is 0 Å². The minimum Gasteiger partial charge on any atom is -0.493 e. The lowest BCUT2D eigenvalue weighted by Crippen LogP contribution is -2.03. The first-order valence-corrected chi connectivity index (χ1v) is 5.96. The first-order valence-electron chi connectivity index (χ1n) is 5.17. The van der Waals surface area contributed by atoms with Gasteiger partial charge in [0.1, 0.15) is 0 Å². The van der Waals surface area contributed by atoms with Crippen LogP contribution >= 0.6 is 15.9 Å². The normalized spacial score (nSPS) is 12.3. The summed E-state index contributed by atoms with van der Waals surface area (Å²) in [7, 11) is 3.24. The fourth-order valence-electron chi connectivity index (χ4n) is 1.56. The van der Waals surface area contributed by atoms with Crippen molar-refractivity contribution in [3.63, 3.8) is 0 Å². The molecule has 0 aliphatic rings. The van der Waals surface area contributed by atoms with E-state index in [0.717, 1.165) is 22.2 Å². The Bertz CT molecular complexity index is 350. The molecular formula is C12H17BrO3. The Morgan fingerprint density at radius 1 is 1.31 bits per heavy atom. The average molecular weight is 289 g/mol. The average Bonchev–Trinajstić information content (AvgIpc) is 2.25. The fourth-order valence-corrected chi connectivity index (χ4v) is 2.04. The topological polar surface area (TPSA) is 38.7 Å². The molecule has 4 heteroatoms. The van der Waals surface area contributed by atoms with Gasteiger partial charge in [-0.05, 0) is 37.5 Å². The minimum atomic E-state index is -0.310. The first kappa shape index (κ1) is 13.3. The minimum absolute atomic E-state index is 0.310. The maximum absolute atomic E-state index is 9.29. The van der Waals surface area contributed by atoms with Crippen LogP contribution in [0.1, 0.15) is 18.9 Å². The van der Waals surface area contributed by atoms with E-state index < -0.39 is 0 Å². The summed E-state index contributed by atoms with van der Waals surface area (Å²) in [6.07, 6.45) is 1.15. The van der Waals surface area contributed by atoms with Crippen molar-refractivity contribution < 1.29 is 14.6 Å². The molecular weight excluding hydrogens is 272 g/mol. The van der Waals surface area contributed by atoms with Gasteiger partial charge in [-0.1, -0.05) is 15.9 Å². The van der Waals surface area contributed by atoms with E-state index in [4.69, 9.17) is 9.47 Å². The van der Waals surface area contributed by atoms with Crippen LogP contribution in [0.4, 0.5) is 0 Å². The van der Waals surface area contributed by atoms with E-state index in [-0.39, 0.29) is 6.10 Å². The zero-order chi connectivity index (χ0) is 12.1. The highest BCUT2D eigenvalue weighted by atomic mass is 79.9. The van der Waals surface area contributed by atoms with Crippen molar-refractivity contribution in [1.29, 1.82) is 0 Å². The number of rotatable bonds is 5. The molecule has 0 radical (unpaired) electrons. The Labute approximate surface area is 105 Å².